The largest absolute Gasteiger partial charge is 0.497 e. The van der Waals surface area contributed by atoms with Crippen molar-refractivity contribution in [2.24, 2.45) is 0 Å². The molecule has 0 saturated carbocycles. The van der Waals surface area contributed by atoms with Gasteiger partial charge in [0.15, 0.2) is 0 Å². The highest BCUT2D eigenvalue weighted by molar-refractivity contribution is 7.89. The summed E-state index contributed by atoms with van der Waals surface area (Å²) in [6, 6.07) is 8.53. The molecule has 0 unspecified atom stereocenters. The van der Waals surface area contributed by atoms with E-state index in [9.17, 15) is 21.6 Å². The second-order valence-corrected chi connectivity index (χ2v) is 7.51. The Bertz CT molecular complexity index is 882. The van der Waals surface area contributed by atoms with Crippen LogP contribution in [0, 0.1) is 0 Å². The zero-order valence-corrected chi connectivity index (χ0v) is 15.2. The Morgan fingerprint density at radius 3 is 2.31 bits per heavy atom. The van der Waals surface area contributed by atoms with E-state index in [1.54, 1.807) is 18.2 Å². The minimum Gasteiger partial charge on any atom is -0.497 e. The summed E-state index contributed by atoms with van der Waals surface area (Å²) in [7, 11) is 0.0627. The lowest BCUT2D eigenvalue weighted by Gasteiger charge is -2.20. The van der Waals surface area contributed by atoms with Gasteiger partial charge in [-0.2, -0.15) is 17.5 Å². The number of methoxy groups -OCH3 is 2. The van der Waals surface area contributed by atoms with Gasteiger partial charge in [-0.25, -0.2) is 8.42 Å². The quantitative estimate of drug-likeness (QED) is 0.758. The maximum absolute atomic E-state index is 12.8. The Hall–Kier alpha value is -2.26. The summed E-state index contributed by atoms with van der Waals surface area (Å²) >= 11 is 0. The number of hydrogen-bond donors (Lipinski definition) is 0. The molecule has 9 heteroatoms. The molecule has 0 amide bonds. The summed E-state index contributed by atoms with van der Waals surface area (Å²) in [5.41, 5.74) is -0.504. The molecule has 5 nitrogen and oxygen atoms in total. The van der Waals surface area contributed by atoms with Gasteiger partial charge in [0.1, 0.15) is 11.5 Å². The summed E-state index contributed by atoms with van der Waals surface area (Å²) in [4.78, 5) is -0.434. The van der Waals surface area contributed by atoms with Crippen LogP contribution in [0.25, 0.3) is 0 Å². The van der Waals surface area contributed by atoms with E-state index < -0.39 is 26.7 Å². The van der Waals surface area contributed by atoms with Crippen LogP contribution in [0.15, 0.2) is 47.4 Å². The van der Waals surface area contributed by atoms with Gasteiger partial charge in [0, 0.05) is 19.2 Å². The minimum atomic E-state index is -4.62. The Morgan fingerprint density at radius 2 is 1.73 bits per heavy atom. The molecule has 2 aromatic rings. The molecular weight excluding hydrogens is 371 g/mol. The molecule has 0 bridgehead atoms. The van der Waals surface area contributed by atoms with E-state index in [1.807, 2.05) is 0 Å². The van der Waals surface area contributed by atoms with Crippen molar-refractivity contribution in [3.05, 3.63) is 53.6 Å². The van der Waals surface area contributed by atoms with Gasteiger partial charge in [-0.1, -0.05) is 6.07 Å². The van der Waals surface area contributed by atoms with E-state index in [0.29, 0.717) is 23.1 Å². The van der Waals surface area contributed by atoms with Crippen LogP contribution in [-0.2, 0) is 22.7 Å². The molecule has 0 atom stereocenters. The van der Waals surface area contributed by atoms with E-state index in [4.69, 9.17) is 9.47 Å². The lowest BCUT2D eigenvalue weighted by molar-refractivity contribution is -0.137. The molecular formula is C17H18F3NO4S. The number of alkyl halides is 3. The average Bonchev–Trinajstić information content (AvgIpc) is 2.60. The first-order valence-corrected chi connectivity index (χ1v) is 8.88. The predicted molar refractivity (Wildman–Crippen MR) is 89.6 cm³/mol. The van der Waals surface area contributed by atoms with Crippen molar-refractivity contribution in [1.29, 1.82) is 0 Å². The van der Waals surface area contributed by atoms with E-state index in [2.05, 4.69) is 0 Å². The van der Waals surface area contributed by atoms with Crippen molar-refractivity contribution >= 4 is 10.0 Å². The van der Waals surface area contributed by atoms with Crippen molar-refractivity contribution in [3.63, 3.8) is 0 Å². The number of nitrogens with zero attached hydrogens (tertiary/aromatic N) is 1. The van der Waals surface area contributed by atoms with Crippen molar-refractivity contribution in [2.75, 3.05) is 21.3 Å². The molecule has 2 rings (SSSR count). The van der Waals surface area contributed by atoms with E-state index in [1.165, 1.54) is 21.3 Å². The second kappa shape index (κ2) is 7.55. The lowest BCUT2D eigenvalue weighted by Crippen LogP contribution is -2.27. The molecule has 0 spiro atoms. The van der Waals surface area contributed by atoms with Gasteiger partial charge in [-0.3, -0.25) is 0 Å². The Kier molecular flexibility index (Phi) is 5.82. The zero-order chi connectivity index (χ0) is 19.5. The highest BCUT2D eigenvalue weighted by Crippen LogP contribution is 2.32. The standard InChI is InChI=1S/C17H18F3NO4S/c1-21(11-12-9-14(24-2)7-8-16(12)25-3)26(22,23)15-6-4-5-13(10-15)17(18,19)20/h4-10H,11H2,1-3H3. The van der Waals surface area contributed by atoms with Crippen LogP contribution in [-0.4, -0.2) is 34.0 Å². The fourth-order valence-corrected chi connectivity index (χ4v) is 3.54. The van der Waals surface area contributed by atoms with E-state index >= 15 is 0 Å². The smallest absolute Gasteiger partial charge is 0.416 e. The molecule has 0 saturated heterocycles. The molecule has 0 radical (unpaired) electrons. The fraction of sp³-hybridized carbons (Fsp3) is 0.294. The number of sulfonamides is 1. The van der Waals surface area contributed by atoms with Gasteiger partial charge in [-0.05, 0) is 36.4 Å². The third-order valence-electron chi connectivity index (χ3n) is 3.75. The van der Waals surface area contributed by atoms with Crippen LogP contribution in [0.5, 0.6) is 11.5 Å². The molecule has 26 heavy (non-hydrogen) atoms. The molecule has 0 aromatic heterocycles. The van der Waals surface area contributed by atoms with Crippen LogP contribution in [0.2, 0.25) is 0 Å². The maximum Gasteiger partial charge on any atom is 0.416 e. The highest BCUT2D eigenvalue weighted by Gasteiger charge is 2.32. The molecule has 2 aromatic carbocycles. The maximum atomic E-state index is 12.8. The SMILES string of the molecule is COc1ccc(OC)c(CN(C)S(=O)(=O)c2cccc(C(F)(F)F)c2)c1. The zero-order valence-electron chi connectivity index (χ0n) is 14.4. The normalized spacial score (nSPS) is 12.3. The average molecular weight is 389 g/mol. The Balaban J connectivity index is 2.36. The summed E-state index contributed by atoms with van der Waals surface area (Å²) in [5.74, 6) is 0.947. The predicted octanol–water partition coefficient (Wildman–Crippen LogP) is 3.54. The summed E-state index contributed by atoms with van der Waals surface area (Å²) < 4.78 is 75.1. The van der Waals surface area contributed by atoms with Gasteiger partial charge in [-0.15, -0.1) is 0 Å². The van der Waals surface area contributed by atoms with Crippen LogP contribution in [0.4, 0.5) is 13.2 Å². The lowest BCUT2D eigenvalue weighted by atomic mass is 10.2. The topological polar surface area (TPSA) is 55.8 Å². The molecule has 0 aliphatic heterocycles. The van der Waals surface area contributed by atoms with Gasteiger partial charge < -0.3 is 9.47 Å². The van der Waals surface area contributed by atoms with Crippen molar-refractivity contribution < 1.29 is 31.1 Å². The molecule has 0 aliphatic rings. The number of rotatable bonds is 6. The Labute approximate surface area is 150 Å². The third kappa shape index (κ3) is 4.28. The summed E-state index contributed by atoms with van der Waals surface area (Å²) in [5, 5.41) is 0. The van der Waals surface area contributed by atoms with Crippen molar-refractivity contribution in [3.8, 4) is 11.5 Å². The van der Waals surface area contributed by atoms with Gasteiger partial charge in [0.05, 0.1) is 24.7 Å². The van der Waals surface area contributed by atoms with Crippen LogP contribution in [0.3, 0.4) is 0 Å². The molecule has 142 valence electrons. The third-order valence-corrected chi connectivity index (χ3v) is 5.55. The van der Waals surface area contributed by atoms with Crippen LogP contribution < -0.4 is 9.47 Å². The van der Waals surface area contributed by atoms with Crippen LogP contribution in [0.1, 0.15) is 11.1 Å². The second-order valence-electron chi connectivity index (χ2n) is 5.46. The summed E-state index contributed by atoms with van der Waals surface area (Å²) in [6.07, 6.45) is -4.62. The van der Waals surface area contributed by atoms with Crippen molar-refractivity contribution in [2.45, 2.75) is 17.6 Å². The number of ether oxygens (including phenoxy) is 2. The first-order chi connectivity index (χ1) is 12.1. The molecule has 0 N–H and O–H groups in total. The molecule has 0 aliphatic carbocycles. The molecule has 0 heterocycles. The monoisotopic (exact) mass is 389 g/mol. The van der Waals surface area contributed by atoms with E-state index in [-0.39, 0.29) is 6.54 Å². The highest BCUT2D eigenvalue weighted by atomic mass is 32.2. The minimum absolute atomic E-state index is 0.0983. The summed E-state index contributed by atoms with van der Waals surface area (Å²) in [6.45, 7) is -0.0983. The van der Waals surface area contributed by atoms with Crippen molar-refractivity contribution in [1.82, 2.24) is 4.31 Å². The number of hydrogen-bond acceptors (Lipinski definition) is 4. The number of benzene rings is 2. The first-order valence-electron chi connectivity index (χ1n) is 7.44. The van der Waals surface area contributed by atoms with Gasteiger partial charge >= 0.3 is 6.18 Å². The Morgan fingerprint density at radius 1 is 1.04 bits per heavy atom. The van der Waals surface area contributed by atoms with Gasteiger partial charge in [0.2, 0.25) is 10.0 Å². The fourth-order valence-electron chi connectivity index (χ4n) is 2.34. The molecule has 0 fully saturated rings. The van der Waals surface area contributed by atoms with E-state index in [0.717, 1.165) is 22.5 Å². The number of halogens is 3. The first kappa shape index (κ1) is 20.1. The van der Waals surface area contributed by atoms with Crippen LogP contribution >= 0.6 is 0 Å². The van der Waals surface area contributed by atoms with Gasteiger partial charge in [0.25, 0.3) is 0 Å².